The predicted octanol–water partition coefficient (Wildman–Crippen LogP) is 2.80. The van der Waals surface area contributed by atoms with Gasteiger partial charge in [0, 0.05) is 45.0 Å². The molecule has 1 saturated carbocycles. The molecule has 2 fully saturated rings. The van der Waals surface area contributed by atoms with Crippen LogP contribution in [0.4, 0.5) is 5.69 Å². The van der Waals surface area contributed by atoms with Gasteiger partial charge in [-0.15, -0.1) is 0 Å². The molecule has 1 aromatic carbocycles. The SMILES string of the molecule is COc1ccc(NC(=O)C(C)N2CCN(S(=O)(=O)N(C)C3CCCCC3)CC2)cc1Cl. The lowest BCUT2D eigenvalue weighted by molar-refractivity contribution is -0.121. The van der Waals surface area contributed by atoms with Gasteiger partial charge in [0.05, 0.1) is 18.2 Å². The molecule has 1 saturated heterocycles. The van der Waals surface area contributed by atoms with Crippen molar-refractivity contribution in [1.29, 1.82) is 0 Å². The first-order valence-corrected chi connectivity index (χ1v) is 12.6. The lowest BCUT2D eigenvalue weighted by Crippen LogP contribution is -2.57. The van der Waals surface area contributed by atoms with Gasteiger partial charge in [-0.25, -0.2) is 0 Å². The third-order valence-corrected chi connectivity index (χ3v) is 8.74. The largest absolute Gasteiger partial charge is 0.495 e. The first-order chi connectivity index (χ1) is 14.7. The van der Waals surface area contributed by atoms with Crippen LogP contribution < -0.4 is 10.1 Å². The highest BCUT2D eigenvalue weighted by Crippen LogP contribution is 2.28. The third-order valence-electron chi connectivity index (χ3n) is 6.40. The summed E-state index contributed by atoms with van der Waals surface area (Å²) in [6, 6.07) is 4.80. The fourth-order valence-corrected chi connectivity index (χ4v) is 6.13. The summed E-state index contributed by atoms with van der Waals surface area (Å²) >= 11 is 6.13. The average molecular weight is 473 g/mol. The highest BCUT2D eigenvalue weighted by molar-refractivity contribution is 7.86. The number of piperazine rings is 1. The van der Waals surface area contributed by atoms with Crippen molar-refractivity contribution >= 4 is 33.4 Å². The Labute approximate surface area is 190 Å². The molecule has 1 aromatic rings. The Bertz CT molecular complexity index is 868. The van der Waals surface area contributed by atoms with Gasteiger partial charge < -0.3 is 10.1 Å². The molecule has 1 unspecified atom stereocenters. The molecule has 1 aliphatic heterocycles. The summed E-state index contributed by atoms with van der Waals surface area (Å²) in [4.78, 5) is 14.7. The van der Waals surface area contributed by atoms with E-state index in [1.807, 2.05) is 11.8 Å². The minimum Gasteiger partial charge on any atom is -0.495 e. The number of nitrogens with zero attached hydrogens (tertiary/aromatic N) is 3. The van der Waals surface area contributed by atoms with Crippen molar-refractivity contribution in [1.82, 2.24) is 13.5 Å². The molecular formula is C21H33ClN4O4S. The molecule has 1 amide bonds. The standard InChI is InChI=1S/C21H33ClN4O4S/c1-16(21(27)23-17-9-10-20(30-3)19(22)15-17)25-11-13-26(14-12-25)31(28,29)24(2)18-7-5-4-6-8-18/h9-10,15-16,18H,4-8,11-14H2,1-3H3,(H,23,27). The predicted molar refractivity (Wildman–Crippen MR) is 123 cm³/mol. The molecule has 1 N–H and O–H groups in total. The van der Waals surface area contributed by atoms with Gasteiger partial charge in [0.2, 0.25) is 5.91 Å². The number of methoxy groups -OCH3 is 1. The number of halogens is 1. The highest BCUT2D eigenvalue weighted by Gasteiger charge is 2.36. The molecule has 0 bridgehead atoms. The van der Waals surface area contributed by atoms with Crippen LogP contribution in [0.3, 0.4) is 0 Å². The first-order valence-electron chi connectivity index (χ1n) is 10.9. The van der Waals surface area contributed by atoms with Gasteiger partial charge in [0.25, 0.3) is 10.2 Å². The Kier molecular flexibility index (Phi) is 8.20. The van der Waals surface area contributed by atoms with E-state index in [1.54, 1.807) is 33.9 Å². The van der Waals surface area contributed by atoms with Crippen LogP contribution in [0.1, 0.15) is 39.0 Å². The molecule has 3 rings (SSSR count). The van der Waals surface area contributed by atoms with Crippen molar-refractivity contribution in [2.45, 2.75) is 51.1 Å². The van der Waals surface area contributed by atoms with Crippen molar-refractivity contribution in [2.75, 3.05) is 45.7 Å². The number of anilines is 1. The Morgan fingerprint density at radius 1 is 1.19 bits per heavy atom. The van der Waals surface area contributed by atoms with Crippen molar-refractivity contribution in [3.05, 3.63) is 23.2 Å². The van der Waals surface area contributed by atoms with Crippen LogP contribution in [0.2, 0.25) is 5.02 Å². The van der Waals surface area contributed by atoms with Gasteiger partial charge in [0.1, 0.15) is 5.75 Å². The minimum absolute atomic E-state index is 0.0952. The summed E-state index contributed by atoms with van der Waals surface area (Å²) in [6.07, 6.45) is 5.23. The van der Waals surface area contributed by atoms with E-state index in [-0.39, 0.29) is 18.0 Å². The van der Waals surface area contributed by atoms with Gasteiger partial charge in [-0.1, -0.05) is 30.9 Å². The van der Waals surface area contributed by atoms with Crippen molar-refractivity contribution in [3.8, 4) is 5.75 Å². The second-order valence-electron chi connectivity index (χ2n) is 8.27. The summed E-state index contributed by atoms with van der Waals surface area (Å²) < 4.78 is 34.3. The maximum absolute atomic E-state index is 13.1. The molecule has 0 aromatic heterocycles. The second-order valence-corrected chi connectivity index (χ2v) is 10.7. The van der Waals surface area contributed by atoms with Gasteiger partial charge >= 0.3 is 0 Å². The first kappa shape index (κ1) is 24.3. The van der Waals surface area contributed by atoms with E-state index in [0.717, 1.165) is 25.7 Å². The van der Waals surface area contributed by atoms with Crippen LogP contribution in [0.5, 0.6) is 5.75 Å². The highest BCUT2D eigenvalue weighted by atomic mass is 35.5. The van der Waals surface area contributed by atoms with Gasteiger partial charge in [-0.2, -0.15) is 17.0 Å². The van der Waals surface area contributed by atoms with Crippen molar-refractivity contribution in [2.24, 2.45) is 0 Å². The molecule has 1 atom stereocenters. The summed E-state index contributed by atoms with van der Waals surface area (Å²) in [5.41, 5.74) is 0.595. The molecule has 1 aliphatic carbocycles. The van der Waals surface area contributed by atoms with Crippen molar-refractivity contribution < 1.29 is 17.9 Å². The maximum Gasteiger partial charge on any atom is 0.282 e. The normalized spacial score (nSPS) is 20.5. The van der Waals surface area contributed by atoms with Gasteiger partial charge in [-0.3, -0.25) is 9.69 Å². The van der Waals surface area contributed by atoms with E-state index in [9.17, 15) is 13.2 Å². The lowest BCUT2D eigenvalue weighted by atomic mass is 9.96. The van der Waals surface area contributed by atoms with Crippen LogP contribution in [0.15, 0.2) is 18.2 Å². The summed E-state index contributed by atoms with van der Waals surface area (Å²) in [5.74, 6) is 0.389. The van der Waals surface area contributed by atoms with E-state index in [0.29, 0.717) is 42.6 Å². The molecule has 31 heavy (non-hydrogen) atoms. The van der Waals surface area contributed by atoms with Gasteiger partial charge in [-0.05, 0) is 38.0 Å². The number of hydrogen-bond donors (Lipinski definition) is 1. The molecule has 174 valence electrons. The molecule has 10 heteroatoms. The Balaban J connectivity index is 1.54. The van der Waals surface area contributed by atoms with E-state index in [1.165, 1.54) is 13.5 Å². The van der Waals surface area contributed by atoms with Crippen LogP contribution in [-0.4, -0.2) is 80.3 Å². The second kappa shape index (κ2) is 10.5. The zero-order valence-corrected chi connectivity index (χ0v) is 20.1. The van der Waals surface area contributed by atoms with Crippen LogP contribution in [-0.2, 0) is 15.0 Å². The minimum atomic E-state index is -3.48. The molecule has 0 spiro atoms. The van der Waals surface area contributed by atoms with E-state index < -0.39 is 10.2 Å². The third kappa shape index (κ3) is 5.70. The fourth-order valence-electron chi connectivity index (χ4n) is 4.29. The Morgan fingerprint density at radius 3 is 2.42 bits per heavy atom. The van der Waals surface area contributed by atoms with Crippen molar-refractivity contribution in [3.63, 3.8) is 0 Å². The van der Waals surface area contributed by atoms with E-state index >= 15 is 0 Å². The summed E-state index contributed by atoms with van der Waals surface area (Å²) in [5, 5.41) is 3.30. The average Bonchev–Trinajstić information content (AvgIpc) is 2.78. The maximum atomic E-state index is 13.1. The van der Waals surface area contributed by atoms with Crippen LogP contribution >= 0.6 is 11.6 Å². The number of nitrogens with one attached hydrogen (secondary N) is 1. The van der Waals surface area contributed by atoms with Crippen LogP contribution in [0.25, 0.3) is 0 Å². The molecule has 2 aliphatic rings. The Hall–Kier alpha value is -1.39. The number of carbonyl (C=O) groups is 1. The lowest BCUT2D eigenvalue weighted by Gasteiger charge is -2.40. The number of rotatable bonds is 7. The van der Waals surface area contributed by atoms with E-state index in [2.05, 4.69) is 5.32 Å². The fraction of sp³-hybridized carbons (Fsp3) is 0.667. The number of benzene rings is 1. The molecule has 1 heterocycles. The topological polar surface area (TPSA) is 82.2 Å². The molecule has 8 nitrogen and oxygen atoms in total. The molecule has 0 radical (unpaired) electrons. The van der Waals surface area contributed by atoms with E-state index in [4.69, 9.17) is 16.3 Å². The smallest absolute Gasteiger partial charge is 0.282 e. The number of amides is 1. The summed E-state index contributed by atoms with van der Waals surface area (Å²) in [7, 11) is -0.240. The number of ether oxygens (including phenoxy) is 1. The zero-order valence-electron chi connectivity index (χ0n) is 18.5. The van der Waals surface area contributed by atoms with Crippen LogP contribution in [0, 0.1) is 0 Å². The molecular weight excluding hydrogens is 440 g/mol. The Morgan fingerprint density at radius 2 is 1.84 bits per heavy atom. The quantitative estimate of drug-likeness (QED) is 0.659. The monoisotopic (exact) mass is 472 g/mol. The number of carbonyl (C=O) groups excluding carboxylic acids is 1. The number of hydrogen-bond acceptors (Lipinski definition) is 5. The summed E-state index contributed by atoms with van der Waals surface area (Å²) in [6.45, 7) is 3.61. The zero-order chi connectivity index (χ0) is 22.6. The van der Waals surface area contributed by atoms with Gasteiger partial charge in [0.15, 0.2) is 0 Å².